The second-order valence-corrected chi connectivity index (χ2v) is 5.52. The Morgan fingerprint density at radius 2 is 2.14 bits per heavy atom. The van der Waals surface area contributed by atoms with Crippen LogP contribution in [0, 0.1) is 5.92 Å². The molecule has 0 bridgehead atoms. The summed E-state index contributed by atoms with van der Waals surface area (Å²) in [5, 5.41) is 14.3. The van der Waals surface area contributed by atoms with Crippen molar-refractivity contribution in [1.29, 1.82) is 0 Å². The highest BCUT2D eigenvalue weighted by molar-refractivity contribution is 5.43. The molecular formula is C14H21N3O4. The van der Waals surface area contributed by atoms with Crippen LogP contribution in [0.4, 0.5) is 5.69 Å². The van der Waals surface area contributed by atoms with Crippen LogP contribution in [0.2, 0.25) is 0 Å². The maximum atomic E-state index is 12.1. The first-order chi connectivity index (χ1) is 10.2. The van der Waals surface area contributed by atoms with E-state index in [0.29, 0.717) is 26.4 Å². The monoisotopic (exact) mass is 295 g/mol. The molecule has 2 aliphatic rings. The Labute approximate surface area is 123 Å². The largest absolute Gasteiger partial charge is 0.391 e. The molecule has 0 spiro atoms. The molecule has 1 N–H and O–H groups in total. The van der Waals surface area contributed by atoms with Gasteiger partial charge in [0.25, 0.3) is 5.56 Å². The van der Waals surface area contributed by atoms with Gasteiger partial charge in [0.1, 0.15) is 0 Å². The van der Waals surface area contributed by atoms with Crippen molar-refractivity contribution in [3.8, 4) is 0 Å². The van der Waals surface area contributed by atoms with Gasteiger partial charge in [-0.1, -0.05) is 0 Å². The fourth-order valence-electron chi connectivity index (χ4n) is 2.74. The summed E-state index contributed by atoms with van der Waals surface area (Å²) in [5.74, 6) is 0.0950. The van der Waals surface area contributed by atoms with Gasteiger partial charge in [-0.3, -0.25) is 4.79 Å². The molecule has 1 aromatic heterocycles. The van der Waals surface area contributed by atoms with Gasteiger partial charge < -0.3 is 19.5 Å². The number of ether oxygens (including phenoxy) is 2. The molecule has 7 heteroatoms. The van der Waals surface area contributed by atoms with Crippen molar-refractivity contribution in [2.75, 3.05) is 44.4 Å². The summed E-state index contributed by atoms with van der Waals surface area (Å²) < 4.78 is 11.9. The molecule has 2 unspecified atom stereocenters. The topological polar surface area (TPSA) is 76.8 Å². The summed E-state index contributed by atoms with van der Waals surface area (Å²) >= 11 is 0. The Morgan fingerprint density at radius 3 is 2.81 bits per heavy atom. The van der Waals surface area contributed by atoms with Crippen LogP contribution in [-0.2, 0) is 16.0 Å². The molecule has 7 nitrogen and oxygen atoms in total. The molecule has 2 atom stereocenters. The third kappa shape index (κ3) is 3.42. The van der Waals surface area contributed by atoms with Gasteiger partial charge in [-0.15, -0.1) is 0 Å². The SMILES string of the molecule is O=c1cc(N2CCOCC2)cnn1CC(O)C1CCOC1. The van der Waals surface area contributed by atoms with Crippen LogP contribution in [0.15, 0.2) is 17.1 Å². The van der Waals surface area contributed by atoms with E-state index in [1.54, 1.807) is 12.3 Å². The maximum Gasteiger partial charge on any atom is 0.268 e. The number of rotatable bonds is 4. The van der Waals surface area contributed by atoms with Gasteiger partial charge in [-0.2, -0.15) is 5.10 Å². The zero-order valence-electron chi connectivity index (χ0n) is 12.0. The highest BCUT2D eigenvalue weighted by Crippen LogP contribution is 2.17. The predicted molar refractivity (Wildman–Crippen MR) is 76.5 cm³/mol. The van der Waals surface area contributed by atoms with Crippen LogP contribution < -0.4 is 10.5 Å². The molecule has 0 saturated carbocycles. The summed E-state index contributed by atoms with van der Waals surface area (Å²) in [6.07, 6.45) is 1.93. The molecular weight excluding hydrogens is 274 g/mol. The van der Waals surface area contributed by atoms with E-state index >= 15 is 0 Å². The molecule has 0 aromatic carbocycles. The van der Waals surface area contributed by atoms with Crippen LogP contribution >= 0.6 is 0 Å². The predicted octanol–water partition coefficient (Wildman–Crippen LogP) is -0.523. The second-order valence-electron chi connectivity index (χ2n) is 5.52. The Bertz CT molecular complexity index is 521. The van der Waals surface area contributed by atoms with E-state index in [2.05, 4.69) is 10.00 Å². The molecule has 0 aliphatic carbocycles. The molecule has 21 heavy (non-hydrogen) atoms. The Hall–Kier alpha value is -1.44. The fourth-order valence-corrected chi connectivity index (χ4v) is 2.74. The minimum absolute atomic E-state index is 0.0950. The highest BCUT2D eigenvalue weighted by Gasteiger charge is 2.25. The van der Waals surface area contributed by atoms with Crippen LogP contribution in [0.3, 0.4) is 0 Å². The van der Waals surface area contributed by atoms with Gasteiger partial charge in [-0.05, 0) is 6.42 Å². The number of hydrogen-bond acceptors (Lipinski definition) is 6. The van der Waals surface area contributed by atoms with E-state index in [4.69, 9.17) is 9.47 Å². The van der Waals surface area contributed by atoms with Gasteiger partial charge in [0, 0.05) is 31.7 Å². The lowest BCUT2D eigenvalue weighted by Gasteiger charge is -2.28. The summed E-state index contributed by atoms with van der Waals surface area (Å²) in [5.41, 5.74) is 0.634. The second kappa shape index (κ2) is 6.55. The van der Waals surface area contributed by atoms with Crippen molar-refractivity contribution in [3.63, 3.8) is 0 Å². The Morgan fingerprint density at radius 1 is 1.33 bits per heavy atom. The summed E-state index contributed by atoms with van der Waals surface area (Å²) in [6, 6.07) is 1.58. The molecule has 2 saturated heterocycles. The van der Waals surface area contributed by atoms with E-state index in [1.807, 2.05) is 0 Å². The molecule has 3 heterocycles. The van der Waals surface area contributed by atoms with Gasteiger partial charge in [0.05, 0.1) is 44.4 Å². The quantitative estimate of drug-likeness (QED) is 0.805. The molecule has 116 valence electrons. The van der Waals surface area contributed by atoms with Crippen LogP contribution in [0.5, 0.6) is 0 Å². The van der Waals surface area contributed by atoms with E-state index < -0.39 is 6.10 Å². The molecule has 2 aliphatic heterocycles. The van der Waals surface area contributed by atoms with Crippen molar-refractivity contribution in [3.05, 3.63) is 22.6 Å². The molecule has 1 aromatic rings. The van der Waals surface area contributed by atoms with Crippen LogP contribution in [0.1, 0.15) is 6.42 Å². The number of anilines is 1. The first-order valence-corrected chi connectivity index (χ1v) is 7.40. The molecule has 0 radical (unpaired) electrons. The van der Waals surface area contributed by atoms with E-state index in [0.717, 1.165) is 25.2 Å². The third-order valence-electron chi connectivity index (χ3n) is 4.10. The minimum atomic E-state index is -0.591. The van der Waals surface area contributed by atoms with E-state index in [-0.39, 0.29) is 18.0 Å². The Kier molecular flexibility index (Phi) is 4.52. The van der Waals surface area contributed by atoms with Crippen molar-refractivity contribution in [2.45, 2.75) is 19.1 Å². The number of aliphatic hydroxyl groups is 1. The number of hydrogen-bond donors (Lipinski definition) is 1. The zero-order chi connectivity index (χ0) is 14.7. The van der Waals surface area contributed by atoms with Gasteiger partial charge >= 0.3 is 0 Å². The van der Waals surface area contributed by atoms with Crippen molar-refractivity contribution >= 4 is 5.69 Å². The number of nitrogens with zero attached hydrogens (tertiary/aromatic N) is 3. The first kappa shape index (κ1) is 14.5. The summed E-state index contributed by atoms with van der Waals surface area (Å²) in [6.45, 7) is 4.34. The summed E-state index contributed by atoms with van der Waals surface area (Å²) in [4.78, 5) is 14.2. The van der Waals surface area contributed by atoms with Gasteiger partial charge in [0.2, 0.25) is 0 Å². The standard InChI is InChI=1S/C14H21N3O4/c18-13(11-1-4-21-10-11)9-17-14(19)7-12(8-15-17)16-2-5-20-6-3-16/h7-8,11,13,18H,1-6,9-10H2. The lowest BCUT2D eigenvalue weighted by atomic mass is 10.0. The number of morpholine rings is 1. The lowest BCUT2D eigenvalue weighted by Crippen LogP contribution is -2.38. The number of aliphatic hydroxyl groups excluding tert-OH is 1. The Balaban J connectivity index is 1.67. The normalized spacial score (nSPS) is 24.2. The van der Waals surface area contributed by atoms with Crippen molar-refractivity contribution < 1.29 is 14.6 Å². The summed E-state index contributed by atoms with van der Waals surface area (Å²) in [7, 11) is 0. The van der Waals surface area contributed by atoms with E-state index in [1.165, 1.54) is 4.68 Å². The van der Waals surface area contributed by atoms with Gasteiger partial charge in [-0.25, -0.2) is 4.68 Å². The number of aromatic nitrogens is 2. The minimum Gasteiger partial charge on any atom is -0.391 e. The van der Waals surface area contributed by atoms with Crippen molar-refractivity contribution in [1.82, 2.24) is 9.78 Å². The van der Waals surface area contributed by atoms with Crippen LogP contribution in [0.25, 0.3) is 0 Å². The molecule has 0 amide bonds. The third-order valence-corrected chi connectivity index (χ3v) is 4.10. The lowest BCUT2D eigenvalue weighted by molar-refractivity contribution is 0.0735. The smallest absolute Gasteiger partial charge is 0.268 e. The van der Waals surface area contributed by atoms with E-state index in [9.17, 15) is 9.90 Å². The average Bonchev–Trinajstić information content (AvgIpc) is 3.04. The highest BCUT2D eigenvalue weighted by atomic mass is 16.5. The van der Waals surface area contributed by atoms with Crippen LogP contribution in [-0.4, -0.2) is 60.5 Å². The zero-order valence-corrected chi connectivity index (χ0v) is 12.0. The molecule has 3 rings (SSSR count). The van der Waals surface area contributed by atoms with Crippen molar-refractivity contribution in [2.24, 2.45) is 5.92 Å². The fraction of sp³-hybridized carbons (Fsp3) is 0.714. The first-order valence-electron chi connectivity index (χ1n) is 7.40. The average molecular weight is 295 g/mol. The van der Waals surface area contributed by atoms with Gasteiger partial charge in [0.15, 0.2) is 0 Å². The molecule has 2 fully saturated rings. The maximum absolute atomic E-state index is 12.1.